The first-order chi connectivity index (χ1) is 8.71. The fraction of sp³-hybridized carbons (Fsp3) is 0.706. The van der Waals surface area contributed by atoms with Crippen LogP contribution >= 0.6 is 0 Å². The molecule has 1 heteroatoms. The van der Waals surface area contributed by atoms with E-state index in [1.54, 1.807) is 0 Å². The highest BCUT2D eigenvalue weighted by atomic mass is 16.1. The van der Waals surface area contributed by atoms with Gasteiger partial charge in [0.1, 0.15) is 0 Å². The second-order valence-corrected chi connectivity index (χ2v) is 4.87. The van der Waals surface area contributed by atoms with Crippen molar-refractivity contribution < 1.29 is 4.79 Å². The van der Waals surface area contributed by atoms with Crippen molar-refractivity contribution in [1.29, 1.82) is 0 Å². The lowest BCUT2D eigenvalue weighted by Gasteiger charge is -2.09. The fourth-order valence-electron chi connectivity index (χ4n) is 2.12. The lowest BCUT2D eigenvalue weighted by Crippen LogP contribution is -2.07. The van der Waals surface area contributed by atoms with Gasteiger partial charge in [-0.25, -0.2) is 0 Å². The Labute approximate surface area is 113 Å². The van der Waals surface area contributed by atoms with Crippen molar-refractivity contribution in [1.82, 2.24) is 0 Å². The van der Waals surface area contributed by atoms with Crippen LogP contribution in [0.3, 0.4) is 0 Å². The van der Waals surface area contributed by atoms with Gasteiger partial charge in [0, 0.05) is 0 Å². The smallest absolute Gasteiger partial charge is 0.184 e. The zero-order valence-corrected chi connectivity index (χ0v) is 12.7. The molecule has 0 aromatic heterocycles. The van der Waals surface area contributed by atoms with Crippen molar-refractivity contribution in [3.8, 4) is 0 Å². The molecule has 0 unspecified atom stereocenters. The molecule has 0 rings (SSSR count). The number of rotatable bonds is 10. The minimum atomic E-state index is 0.284. The quantitative estimate of drug-likeness (QED) is 0.364. The Morgan fingerprint density at radius 3 is 1.44 bits per heavy atom. The van der Waals surface area contributed by atoms with E-state index in [2.05, 4.69) is 13.8 Å². The Morgan fingerprint density at radius 2 is 1.17 bits per heavy atom. The topological polar surface area (TPSA) is 17.1 Å². The van der Waals surface area contributed by atoms with Crippen LogP contribution in [0, 0.1) is 0 Å². The molecular formula is C17H30O. The summed E-state index contributed by atoms with van der Waals surface area (Å²) in [6, 6.07) is 0. The van der Waals surface area contributed by atoms with Crippen molar-refractivity contribution in [3.05, 3.63) is 23.3 Å². The van der Waals surface area contributed by atoms with Crippen LogP contribution in [0.2, 0.25) is 0 Å². The van der Waals surface area contributed by atoms with Gasteiger partial charge in [0.25, 0.3) is 0 Å². The number of ketones is 1. The van der Waals surface area contributed by atoms with Crippen molar-refractivity contribution in [2.24, 2.45) is 0 Å². The largest absolute Gasteiger partial charge is 0.289 e. The summed E-state index contributed by atoms with van der Waals surface area (Å²) in [5, 5.41) is 0. The first-order valence-corrected chi connectivity index (χ1v) is 7.56. The monoisotopic (exact) mass is 250 g/mol. The third-order valence-corrected chi connectivity index (χ3v) is 3.38. The van der Waals surface area contributed by atoms with Gasteiger partial charge in [0.05, 0.1) is 0 Å². The molecule has 0 aromatic carbocycles. The molecule has 0 saturated heterocycles. The summed E-state index contributed by atoms with van der Waals surface area (Å²) >= 11 is 0. The van der Waals surface area contributed by atoms with Crippen LogP contribution in [0.15, 0.2) is 23.3 Å². The van der Waals surface area contributed by atoms with Crippen LogP contribution in [0.25, 0.3) is 0 Å². The number of allylic oxidation sites excluding steroid dienone is 4. The third-order valence-electron chi connectivity index (χ3n) is 3.38. The molecule has 0 fully saturated rings. The van der Waals surface area contributed by atoms with E-state index in [0.29, 0.717) is 0 Å². The van der Waals surface area contributed by atoms with Gasteiger partial charge in [0.15, 0.2) is 5.78 Å². The van der Waals surface area contributed by atoms with Gasteiger partial charge in [-0.15, -0.1) is 0 Å². The molecule has 0 N–H and O–H groups in total. The maximum Gasteiger partial charge on any atom is 0.184 e. The molecule has 0 atom stereocenters. The molecule has 0 aliphatic carbocycles. The van der Waals surface area contributed by atoms with E-state index in [0.717, 1.165) is 36.8 Å². The first-order valence-electron chi connectivity index (χ1n) is 7.56. The van der Waals surface area contributed by atoms with E-state index in [9.17, 15) is 4.79 Å². The summed E-state index contributed by atoms with van der Waals surface area (Å²) in [5.41, 5.74) is 2.01. The van der Waals surface area contributed by atoms with E-state index in [1.165, 1.54) is 25.7 Å². The summed E-state index contributed by atoms with van der Waals surface area (Å²) in [6.45, 7) is 8.36. The van der Waals surface area contributed by atoms with Crippen molar-refractivity contribution in [2.75, 3.05) is 0 Å². The molecule has 0 heterocycles. The first kappa shape index (κ1) is 17.2. The summed E-state index contributed by atoms with van der Waals surface area (Å²) in [5.74, 6) is 0.284. The summed E-state index contributed by atoms with van der Waals surface area (Å²) in [7, 11) is 0. The molecule has 0 aliphatic heterocycles. The van der Waals surface area contributed by atoms with Crippen LogP contribution < -0.4 is 0 Å². The minimum Gasteiger partial charge on any atom is -0.289 e. The van der Waals surface area contributed by atoms with Crippen LogP contribution in [0.4, 0.5) is 0 Å². The number of hydrogen-bond donors (Lipinski definition) is 0. The molecule has 104 valence electrons. The highest BCUT2D eigenvalue weighted by Crippen LogP contribution is 2.18. The van der Waals surface area contributed by atoms with Gasteiger partial charge in [-0.1, -0.05) is 51.7 Å². The SMILES string of the molecule is CC=C(CCCCC)C(=O)C(=CC)CCCCC. The predicted molar refractivity (Wildman–Crippen MR) is 80.8 cm³/mol. The van der Waals surface area contributed by atoms with Gasteiger partial charge in [-0.2, -0.15) is 0 Å². The molecule has 0 saturated carbocycles. The lowest BCUT2D eigenvalue weighted by atomic mass is 9.94. The van der Waals surface area contributed by atoms with Crippen molar-refractivity contribution >= 4 is 5.78 Å². The Bertz CT molecular complexity index is 256. The lowest BCUT2D eigenvalue weighted by molar-refractivity contribution is -0.112. The molecule has 1 nitrogen and oxygen atoms in total. The average molecular weight is 250 g/mol. The van der Waals surface area contributed by atoms with E-state index in [1.807, 2.05) is 26.0 Å². The maximum atomic E-state index is 12.4. The number of Topliss-reactive ketones (excluding diaryl/α,β-unsaturated/α-hetero) is 1. The van der Waals surface area contributed by atoms with Crippen LogP contribution in [0.1, 0.15) is 79.1 Å². The summed E-state index contributed by atoms with van der Waals surface area (Å²) in [4.78, 5) is 12.4. The maximum absolute atomic E-state index is 12.4. The highest BCUT2D eigenvalue weighted by molar-refractivity contribution is 6.08. The summed E-state index contributed by atoms with van der Waals surface area (Å²) in [6.07, 6.45) is 13.0. The standard InChI is InChI=1S/C17H30O/c1-5-9-11-13-15(7-3)17(18)16(8-4)14-12-10-6-2/h7-8H,5-6,9-14H2,1-4H3. The average Bonchev–Trinajstić information content (AvgIpc) is 2.39. The summed E-state index contributed by atoms with van der Waals surface area (Å²) < 4.78 is 0. The van der Waals surface area contributed by atoms with E-state index >= 15 is 0 Å². The molecule has 0 spiro atoms. The fourth-order valence-corrected chi connectivity index (χ4v) is 2.12. The van der Waals surface area contributed by atoms with Gasteiger partial charge in [-0.05, 0) is 50.7 Å². The minimum absolute atomic E-state index is 0.284. The number of carbonyl (C=O) groups is 1. The van der Waals surface area contributed by atoms with Crippen molar-refractivity contribution in [2.45, 2.75) is 79.1 Å². The highest BCUT2D eigenvalue weighted by Gasteiger charge is 2.12. The van der Waals surface area contributed by atoms with Crippen LogP contribution in [-0.4, -0.2) is 5.78 Å². The Balaban J connectivity index is 4.37. The van der Waals surface area contributed by atoms with E-state index in [-0.39, 0.29) is 5.78 Å². The second kappa shape index (κ2) is 11.3. The molecular weight excluding hydrogens is 220 g/mol. The molecule has 0 bridgehead atoms. The number of unbranched alkanes of at least 4 members (excludes halogenated alkanes) is 4. The number of carbonyl (C=O) groups excluding carboxylic acids is 1. The Hall–Kier alpha value is -0.850. The Morgan fingerprint density at radius 1 is 0.778 bits per heavy atom. The van der Waals surface area contributed by atoms with Crippen molar-refractivity contribution in [3.63, 3.8) is 0 Å². The Kier molecular flexibility index (Phi) is 10.7. The van der Waals surface area contributed by atoms with Crippen LogP contribution in [0.5, 0.6) is 0 Å². The zero-order chi connectivity index (χ0) is 13.8. The third kappa shape index (κ3) is 6.78. The van der Waals surface area contributed by atoms with Gasteiger partial charge >= 0.3 is 0 Å². The molecule has 18 heavy (non-hydrogen) atoms. The molecule has 0 aromatic rings. The van der Waals surface area contributed by atoms with Gasteiger partial charge < -0.3 is 0 Å². The van der Waals surface area contributed by atoms with E-state index in [4.69, 9.17) is 0 Å². The number of hydrogen-bond acceptors (Lipinski definition) is 1. The van der Waals surface area contributed by atoms with Gasteiger partial charge in [-0.3, -0.25) is 4.79 Å². The van der Waals surface area contributed by atoms with Crippen LogP contribution in [-0.2, 0) is 4.79 Å². The van der Waals surface area contributed by atoms with Gasteiger partial charge in [0.2, 0.25) is 0 Å². The molecule has 0 amide bonds. The normalized spacial score (nSPS) is 12.9. The predicted octanol–water partition coefficient (Wildman–Crippen LogP) is 5.61. The molecule has 0 radical (unpaired) electrons. The second-order valence-electron chi connectivity index (χ2n) is 4.87. The van der Waals surface area contributed by atoms with E-state index < -0.39 is 0 Å². The zero-order valence-electron chi connectivity index (χ0n) is 12.7. The molecule has 0 aliphatic rings.